The number of benzene rings is 4. The summed E-state index contributed by atoms with van der Waals surface area (Å²) in [6.07, 6.45) is 0. The van der Waals surface area contributed by atoms with Crippen LogP contribution in [0.25, 0.3) is 27.7 Å². The van der Waals surface area contributed by atoms with E-state index in [4.69, 9.17) is 28.3 Å². The van der Waals surface area contributed by atoms with Gasteiger partial charge in [0.25, 0.3) is 5.91 Å². The number of anilines is 1. The number of aryl methyl sites for hydroxylation is 1. The molecule has 0 atom stereocenters. The first kappa shape index (κ1) is 21.3. The first-order valence-electron chi connectivity index (χ1n) is 10.4. The summed E-state index contributed by atoms with van der Waals surface area (Å²) in [6.45, 7) is 2.03. The summed E-state index contributed by atoms with van der Waals surface area (Å²) >= 11 is 12.1. The number of carbonyl (C=O) groups is 1. The first-order chi connectivity index (χ1) is 16.0. The summed E-state index contributed by atoms with van der Waals surface area (Å²) in [5, 5.41) is 10.6. The molecule has 1 heterocycles. The van der Waals surface area contributed by atoms with Crippen LogP contribution >= 0.6 is 23.2 Å². The Labute approximate surface area is 201 Å². The summed E-state index contributed by atoms with van der Waals surface area (Å²) in [6, 6.07) is 29.1. The van der Waals surface area contributed by atoms with Crippen LogP contribution in [0.3, 0.4) is 0 Å². The van der Waals surface area contributed by atoms with E-state index in [-0.39, 0.29) is 5.91 Å². The third-order valence-electron chi connectivity index (χ3n) is 5.53. The van der Waals surface area contributed by atoms with Gasteiger partial charge in [-0.15, -0.1) is 0 Å². The van der Waals surface area contributed by atoms with Crippen molar-refractivity contribution in [1.29, 1.82) is 0 Å². The molecule has 162 valence electrons. The Balaban J connectivity index is 1.64. The van der Waals surface area contributed by atoms with Gasteiger partial charge >= 0.3 is 0 Å². The number of nitrogens with one attached hydrogen (secondary N) is 1. The highest BCUT2D eigenvalue weighted by Crippen LogP contribution is 2.32. The predicted octanol–water partition coefficient (Wildman–Crippen LogP) is 7.56. The second kappa shape index (κ2) is 8.74. The monoisotopic (exact) mass is 471 g/mol. The van der Waals surface area contributed by atoms with Gasteiger partial charge in [0, 0.05) is 11.3 Å². The fraction of sp³-hybridized carbons (Fsp3) is 0.0370. The fourth-order valence-corrected chi connectivity index (χ4v) is 4.18. The molecular weight excluding hydrogens is 453 g/mol. The smallest absolute Gasteiger partial charge is 0.276 e. The minimum Gasteiger partial charge on any atom is -0.321 e. The Hall–Kier alpha value is -3.60. The van der Waals surface area contributed by atoms with Gasteiger partial charge in [-0.2, -0.15) is 5.10 Å². The Morgan fingerprint density at radius 2 is 1.61 bits per heavy atom. The van der Waals surface area contributed by atoms with Crippen molar-refractivity contribution in [3.63, 3.8) is 0 Å². The number of hydrogen-bond donors (Lipinski definition) is 1. The summed E-state index contributed by atoms with van der Waals surface area (Å²) < 4.78 is 1.83. The van der Waals surface area contributed by atoms with Crippen molar-refractivity contribution in [1.82, 2.24) is 9.78 Å². The highest BCUT2D eigenvalue weighted by atomic mass is 35.5. The molecule has 5 aromatic rings. The number of nitrogens with zero attached hydrogens (tertiary/aromatic N) is 2. The average molecular weight is 472 g/mol. The Morgan fingerprint density at radius 3 is 2.42 bits per heavy atom. The standard InChI is InChI=1S/C27H19Cl2N3O/c1-17-7-2-5-12-25(17)32-26(21-11-6-9-18-8-3-4-10-20(18)21)16-24(31-32)27(33)30-19-13-14-22(28)23(29)15-19/h2-16H,1H3,(H,30,33). The number of halogens is 2. The lowest BCUT2D eigenvalue weighted by molar-refractivity contribution is 0.102. The zero-order valence-electron chi connectivity index (χ0n) is 17.7. The third kappa shape index (κ3) is 4.11. The first-order valence-corrected chi connectivity index (χ1v) is 11.2. The van der Waals surface area contributed by atoms with Crippen molar-refractivity contribution in [2.45, 2.75) is 6.92 Å². The van der Waals surface area contributed by atoms with Crippen LogP contribution in [0.5, 0.6) is 0 Å². The molecule has 1 N–H and O–H groups in total. The van der Waals surface area contributed by atoms with E-state index in [1.165, 1.54) is 0 Å². The molecule has 0 radical (unpaired) electrons. The van der Waals surface area contributed by atoms with Gasteiger partial charge in [-0.25, -0.2) is 4.68 Å². The van der Waals surface area contributed by atoms with E-state index in [1.54, 1.807) is 18.2 Å². The van der Waals surface area contributed by atoms with Gasteiger partial charge in [0.2, 0.25) is 0 Å². The molecule has 33 heavy (non-hydrogen) atoms. The van der Waals surface area contributed by atoms with E-state index in [0.717, 1.165) is 33.3 Å². The minimum atomic E-state index is -0.331. The van der Waals surface area contributed by atoms with Gasteiger partial charge in [0.15, 0.2) is 5.69 Å². The van der Waals surface area contributed by atoms with Gasteiger partial charge in [0.1, 0.15) is 0 Å². The van der Waals surface area contributed by atoms with Crippen molar-refractivity contribution in [2.75, 3.05) is 5.32 Å². The molecule has 0 saturated heterocycles. The lowest BCUT2D eigenvalue weighted by Crippen LogP contribution is -2.13. The van der Waals surface area contributed by atoms with Crippen LogP contribution in [0.4, 0.5) is 5.69 Å². The highest BCUT2D eigenvalue weighted by molar-refractivity contribution is 6.42. The summed E-state index contributed by atoms with van der Waals surface area (Å²) in [5.74, 6) is -0.331. The van der Waals surface area contributed by atoms with Crippen LogP contribution in [0.2, 0.25) is 10.0 Å². The number of amides is 1. The van der Waals surface area contributed by atoms with Gasteiger partial charge in [-0.05, 0) is 53.6 Å². The molecule has 0 aliphatic carbocycles. The predicted molar refractivity (Wildman–Crippen MR) is 136 cm³/mol. The molecule has 1 amide bonds. The maximum absolute atomic E-state index is 13.1. The zero-order chi connectivity index (χ0) is 22.9. The Bertz CT molecular complexity index is 1500. The Kier molecular flexibility index (Phi) is 5.63. The number of aromatic nitrogens is 2. The second-order valence-electron chi connectivity index (χ2n) is 7.72. The van der Waals surface area contributed by atoms with Crippen molar-refractivity contribution in [2.24, 2.45) is 0 Å². The van der Waals surface area contributed by atoms with E-state index in [9.17, 15) is 4.79 Å². The number of fused-ring (bicyclic) bond motifs is 1. The van der Waals surface area contributed by atoms with Crippen LogP contribution < -0.4 is 5.32 Å². The maximum Gasteiger partial charge on any atom is 0.276 e. The number of rotatable bonds is 4. The number of carbonyl (C=O) groups excluding carboxylic acids is 1. The summed E-state index contributed by atoms with van der Waals surface area (Å²) in [5.41, 5.74) is 4.64. The maximum atomic E-state index is 13.1. The fourth-order valence-electron chi connectivity index (χ4n) is 3.89. The SMILES string of the molecule is Cc1ccccc1-n1nc(C(=O)Nc2ccc(Cl)c(Cl)c2)cc1-c1cccc2ccccc12. The van der Waals surface area contributed by atoms with E-state index in [0.29, 0.717) is 21.4 Å². The summed E-state index contributed by atoms with van der Waals surface area (Å²) in [7, 11) is 0. The van der Waals surface area contributed by atoms with Gasteiger partial charge in [-0.1, -0.05) is 83.9 Å². The topological polar surface area (TPSA) is 46.9 Å². The van der Waals surface area contributed by atoms with Gasteiger partial charge < -0.3 is 5.32 Å². The van der Waals surface area contributed by atoms with Crippen LogP contribution in [0.15, 0.2) is 91.0 Å². The van der Waals surface area contributed by atoms with E-state index < -0.39 is 0 Å². The van der Waals surface area contributed by atoms with Crippen molar-refractivity contribution >= 4 is 45.6 Å². The van der Waals surface area contributed by atoms with Gasteiger partial charge in [0.05, 0.1) is 21.4 Å². The lowest BCUT2D eigenvalue weighted by atomic mass is 10.0. The molecule has 4 aromatic carbocycles. The van der Waals surface area contributed by atoms with E-state index in [1.807, 2.05) is 60.1 Å². The lowest BCUT2D eigenvalue weighted by Gasteiger charge is -2.12. The minimum absolute atomic E-state index is 0.298. The molecule has 0 aliphatic heterocycles. The normalized spacial score (nSPS) is 11.0. The number of para-hydroxylation sites is 1. The molecule has 1 aromatic heterocycles. The van der Waals surface area contributed by atoms with Gasteiger partial charge in [-0.3, -0.25) is 4.79 Å². The molecule has 0 unspecified atom stereocenters. The third-order valence-corrected chi connectivity index (χ3v) is 6.27. The van der Waals surface area contributed by atoms with Crippen molar-refractivity contribution < 1.29 is 4.79 Å². The Morgan fingerprint density at radius 1 is 0.848 bits per heavy atom. The molecular formula is C27H19Cl2N3O. The van der Waals surface area contributed by atoms with Crippen LogP contribution in [-0.2, 0) is 0 Å². The molecule has 5 rings (SSSR count). The van der Waals surface area contributed by atoms with E-state index in [2.05, 4.69) is 29.6 Å². The molecule has 0 aliphatic rings. The molecule has 0 spiro atoms. The second-order valence-corrected chi connectivity index (χ2v) is 8.54. The zero-order valence-corrected chi connectivity index (χ0v) is 19.2. The van der Waals surface area contributed by atoms with Crippen molar-refractivity contribution in [3.05, 3.63) is 112 Å². The molecule has 0 fully saturated rings. The quantitative estimate of drug-likeness (QED) is 0.293. The number of hydrogen-bond acceptors (Lipinski definition) is 2. The average Bonchev–Trinajstić information content (AvgIpc) is 3.26. The van der Waals surface area contributed by atoms with Crippen LogP contribution in [0.1, 0.15) is 16.1 Å². The summed E-state index contributed by atoms with van der Waals surface area (Å²) in [4.78, 5) is 13.1. The van der Waals surface area contributed by atoms with Crippen molar-refractivity contribution in [3.8, 4) is 16.9 Å². The molecule has 6 heteroatoms. The largest absolute Gasteiger partial charge is 0.321 e. The van der Waals surface area contributed by atoms with E-state index >= 15 is 0 Å². The van der Waals surface area contributed by atoms with Crippen LogP contribution in [0, 0.1) is 6.92 Å². The molecule has 4 nitrogen and oxygen atoms in total. The highest BCUT2D eigenvalue weighted by Gasteiger charge is 2.19. The molecule has 0 saturated carbocycles. The molecule has 0 bridgehead atoms. The van der Waals surface area contributed by atoms with Crippen LogP contribution in [-0.4, -0.2) is 15.7 Å².